The van der Waals surface area contributed by atoms with Crippen molar-refractivity contribution in [1.82, 2.24) is 9.88 Å². The molecule has 6 heteroatoms. The quantitative estimate of drug-likeness (QED) is 0.256. The number of fused-ring (bicyclic) bond motifs is 1. The second-order valence-corrected chi connectivity index (χ2v) is 11.2. The lowest BCUT2D eigenvalue weighted by molar-refractivity contribution is -0.152. The third-order valence-corrected chi connectivity index (χ3v) is 7.89. The minimum atomic E-state index is -1.30. The Bertz CT molecular complexity index is 1540. The molecule has 5 rings (SSSR count). The van der Waals surface area contributed by atoms with Crippen LogP contribution in [0.3, 0.4) is 0 Å². The van der Waals surface area contributed by atoms with Gasteiger partial charge in [0.1, 0.15) is 5.75 Å². The zero-order valence-corrected chi connectivity index (χ0v) is 23.2. The number of amides is 1. The molecule has 39 heavy (non-hydrogen) atoms. The van der Waals surface area contributed by atoms with Crippen molar-refractivity contribution in [3.8, 4) is 5.75 Å². The fourth-order valence-electron chi connectivity index (χ4n) is 5.09. The van der Waals surface area contributed by atoms with E-state index >= 15 is 0 Å². The van der Waals surface area contributed by atoms with Gasteiger partial charge in [0, 0.05) is 29.2 Å². The maximum absolute atomic E-state index is 13.2. The zero-order chi connectivity index (χ0) is 27.9. The Morgan fingerprint density at radius 2 is 1.79 bits per heavy atom. The highest BCUT2D eigenvalue weighted by molar-refractivity contribution is 5.99. The number of carboxylic acid groups (broad SMARTS) is 1. The van der Waals surface area contributed by atoms with Crippen LogP contribution in [0.15, 0.2) is 66.7 Å². The van der Waals surface area contributed by atoms with Crippen molar-refractivity contribution in [1.29, 1.82) is 0 Å². The van der Waals surface area contributed by atoms with E-state index < -0.39 is 11.6 Å². The molecule has 0 saturated heterocycles. The van der Waals surface area contributed by atoms with Crippen molar-refractivity contribution < 1.29 is 19.4 Å². The Morgan fingerprint density at radius 1 is 1.08 bits per heavy atom. The van der Waals surface area contributed by atoms with Gasteiger partial charge in [0.2, 0.25) is 0 Å². The molecule has 1 heterocycles. The van der Waals surface area contributed by atoms with Crippen molar-refractivity contribution in [3.63, 3.8) is 0 Å². The van der Waals surface area contributed by atoms with Gasteiger partial charge in [0.25, 0.3) is 5.91 Å². The molecule has 6 nitrogen and oxygen atoms in total. The molecule has 0 aliphatic heterocycles. The van der Waals surface area contributed by atoms with E-state index in [1.807, 2.05) is 56.4 Å². The number of aromatic nitrogens is 1. The number of aryl methyl sites for hydroxylation is 1. The molecule has 1 amide bonds. The molecule has 2 N–H and O–H groups in total. The minimum absolute atomic E-state index is 0.0781. The fourth-order valence-corrected chi connectivity index (χ4v) is 5.09. The monoisotopic (exact) mass is 524 g/mol. The van der Waals surface area contributed by atoms with Crippen LogP contribution in [0.4, 0.5) is 0 Å². The van der Waals surface area contributed by atoms with Gasteiger partial charge in [0.05, 0.1) is 6.04 Å². The summed E-state index contributed by atoms with van der Waals surface area (Å²) in [6.07, 6.45) is 3.23. The maximum Gasteiger partial charge on any atom is 0.347 e. The van der Waals surface area contributed by atoms with Gasteiger partial charge < -0.3 is 19.7 Å². The van der Waals surface area contributed by atoms with Crippen molar-refractivity contribution in [3.05, 3.63) is 100 Å². The summed E-state index contributed by atoms with van der Waals surface area (Å²) < 4.78 is 7.77. The Hall–Kier alpha value is -4.06. The molecular weight excluding hydrogens is 488 g/mol. The van der Waals surface area contributed by atoms with Gasteiger partial charge in [-0.15, -0.1) is 0 Å². The lowest BCUT2D eigenvalue weighted by Crippen LogP contribution is -2.37. The SMILES string of the molecule is Cc1c(Cc2ccc(OC(C)(C)C(=O)O)cc2)c2ccc(C(=O)N[C@@H](C)c3cccc(C4CC4)c3)cc2n1C. The molecule has 1 aromatic heterocycles. The van der Waals surface area contributed by atoms with Crippen LogP contribution in [0, 0.1) is 6.92 Å². The molecule has 1 aliphatic rings. The van der Waals surface area contributed by atoms with E-state index in [0.717, 1.165) is 27.7 Å². The molecule has 202 valence electrons. The first-order chi connectivity index (χ1) is 18.5. The molecule has 0 radical (unpaired) electrons. The van der Waals surface area contributed by atoms with Gasteiger partial charge >= 0.3 is 5.97 Å². The second kappa shape index (κ2) is 10.3. The molecular formula is C33H36N2O4. The topological polar surface area (TPSA) is 80.6 Å². The largest absolute Gasteiger partial charge is 0.478 e. The van der Waals surface area contributed by atoms with Crippen LogP contribution in [-0.2, 0) is 18.3 Å². The number of carbonyl (C=O) groups excluding carboxylic acids is 1. The summed E-state index contributed by atoms with van der Waals surface area (Å²) in [5.41, 5.74) is 6.29. The number of aliphatic carboxylic acids is 1. The van der Waals surface area contributed by atoms with Gasteiger partial charge in [-0.05, 0) is 99.4 Å². The van der Waals surface area contributed by atoms with Crippen LogP contribution in [0.25, 0.3) is 10.9 Å². The average Bonchev–Trinajstić information content (AvgIpc) is 3.74. The second-order valence-electron chi connectivity index (χ2n) is 11.2. The lowest BCUT2D eigenvalue weighted by Gasteiger charge is -2.21. The fraction of sp³-hybridized carbons (Fsp3) is 0.333. The maximum atomic E-state index is 13.2. The van der Waals surface area contributed by atoms with Crippen LogP contribution in [-0.4, -0.2) is 27.2 Å². The number of carboxylic acids is 1. The average molecular weight is 525 g/mol. The molecule has 0 unspecified atom stereocenters. The van der Waals surface area contributed by atoms with E-state index in [1.165, 1.54) is 37.8 Å². The van der Waals surface area contributed by atoms with Crippen LogP contribution in [0.1, 0.15) is 83.9 Å². The van der Waals surface area contributed by atoms with Gasteiger partial charge in [-0.3, -0.25) is 4.79 Å². The summed E-state index contributed by atoms with van der Waals surface area (Å²) in [5, 5.41) is 13.6. The van der Waals surface area contributed by atoms with Crippen LogP contribution in [0.2, 0.25) is 0 Å². The van der Waals surface area contributed by atoms with Gasteiger partial charge in [-0.25, -0.2) is 4.79 Å². The molecule has 0 spiro atoms. The first-order valence-corrected chi connectivity index (χ1v) is 13.5. The minimum Gasteiger partial charge on any atom is -0.478 e. The third-order valence-electron chi connectivity index (χ3n) is 7.89. The van der Waals surface area contributed by atoms with Crippen molar-refractivity contribution in [2.24, 2.45) is 7.05 Å². The van der Waals surface area contributed by atoms with Gasteiger partial charge in [0.15, 0.2) is 5.60 Å². The van der Waals surface area contributed by atoms with Crippen molar-refractivity contribution in [2.75, 3.05) is 0 Å². The summed E-state index contributed by atoms with van der Waals surface area (Å²) >= 11 is 0. The Morgan fingerprint density at radius 3 is 2.46 bits per heavy atom. The summed E-state index contributed by atoms with van der Waals surface area (Å²) in [6.45, 7) is 7.19. The number of nitrogens with zero attached hydrogens (tertiary/aromatic N) is 1. The van der Waals surface area contributed by atoms with Crippen LogP contribution in [0.5, 0.6) is 5.75 Å². The van der Waals surface area contributed by atoms with E-state index in [1.54, 1.807) is 0 Å². The van der Waals surface area contributed by atoms with E-state index in [2.05, 4.69) is 41.1 Å². The Labute approximate surface area is 229 Å². The molecule has 1 saturated carbocycles. The molecule has 1 fully saturated rings. The third kappa shape index (κ3) is 5.56. The number of carbonyl (C=O) groups is 2. The van der Waals surface area contributed by atoms with Gasteiger partial charge in [-0.2, -0.15) is 0 Å². The highest BCUT2D eigenvalue weighted by Crippen LogP contribution is 2.40. The van der Waals surface area contributed by atoms with Crippen LogP contribution < -0.4 is 10.1 Å². The molecule has 0 bridgehead atoms. The number of benzene rings is 3. The molecule has 3 aromatic carbocycles. The van der Waals surface area contributed by atoms with Crippen LogP contribution >= 0.6 is 0 Å². The summed E-state index contributed by atoms with van der Waals surface area (Å²) in [5.74, 6) is 0.107. The number of nitrogens with one attached hydrogen (secondary N) is 1. The van der Waals surface area contributed by atoms with Crippen molar-refractivity contribution >= 4 is 22.8 Å². The molecule has 1 atom stereocenters. The zero-order valence-electron chi connectivity index (χ0n) is 23.2. The molecule has 1 aliphatic carbocycles. The predicted octanol–water partition coefficient (Wildman–Crippen LogP) is 6.69. The number of ether oxygens (including phenoxy) is 1. The standard InChI is InChI=1S/C33H36N2O4/c1-20(24-7-6-8-25(18-24)23-11-12-23)34-31(36)26-13-16-28-29(21(2)35(5)30(28)19-26)17-22-9-14-27(15-10-22)39-33(3,4)32(37)38/h6-10,13-16,18-20,23H,11-12,17H2,1-5H3,(H,34,36)(H,37,38)/t20-/m0/s1. The first kappa shape index (κ1) is 26.5. The van der Waals surface area contributed by atoms with Gasteiger partial charge in [-0.1, -0.05) is 42.5 Å². The highest BCUT2D eigenvalue weighted by atomic mass is 16.5. The number of hydrogen-bond donors (Lipinski definition) is 2. The Kier molecular flexibility index (Phi) is 6.98. The summed E-state index contributed by atoms with van der Waals surface area (Å²) in [7, 11) is 2.03. The highest BCUT2D eigenvalue weighted by Gasteiger charge is 2.29. The summed E-state index contributed by atoms with van der Waals surface area (Å²) in [4.78, 5) is 24.6. The smallest absolute Gasteiger partial charge is 0.347 e. The van der Waals surface area contributed by atoms with Crippen molar-refractivity contribution in [2.45, 2.75) is 64.5 Å². The van der Waals surface area contributed by atoms with E-state index in [0.29, 0.717) is 23.7 Å². The molecule has 4 aromatic rings. The lowest BCUT2D eigenvalue weighted by atomic mass is 10.0. The number of hydrogen-bond acceptors (Lipinski definition) is 3. The number of rotatable bonds is 9. The first-order valence-electron chi connectivity index (χ1n) is 13.5. The van der Waals surface area contributed by atoms with E-state index in [4.69, 9.17) is 4.74 Å². The normalized spacial score (nSPS) is 14.3. The van der Waals surface area contributed by atoms with E-state index in [9.17, 15) is 14.7 Å². The predicted molar refractivity (Wildman–Crippen MR) is 154 cm³/mol. The van der Waals surface area contributed by atoms with E-state index in [-0.39, 0.29) is 11.9 Å². The summed E-state index contributed by atoms with van der Waals surface area (Å²) in [6, 6.07) is 22.0. The Balaban J connectivity index is 1.33.